The summed E-state index contributed by atoms with van der Waals surface area (Å²) in [6, 6.07) is 42.5. The zero-order chi connectivity index (χ0) is 43.2. The highest BCUT2D eigenvalue weighted by Gasteiger charge is 2.43. The van der Waals surface area contributed by atoms with E-state index in [9.17, 15) is 9.59 Å². The van der Waals surface area contributed by atoms with E-state index in [1.165, 1.54) is 107 Å². The number of ether oxygens (including phenoxy) is 2. The largest absolute Gasteiger partial charge is 0.449 e. The van der Waals surface area contributed by atoms with Crippen LogP contribution in [0.3, 0.4) is 0 Å². The number of esters is 1. The molecule has 0 heterocycles. The van der Waals surface area contributed by atoms with E-state index in [1.807, 2.05) is 78.9 Å². The van der Waals surface area contributed by atoms with Crippen molar-refractivity contribution in [3.05, 3.63) is 166 Å². The zero-order valence-electron chi connectivity index (χ0n) is 37.0. The third-order valence-electron chi connectivity index (χ3n) is 13.2. The van der Waals surface area contributed by atoms with Crippen LogP contribution in [0, 0.1) is 5.92 Å². The molecule has 0 saturated heterocycles. The molecule has 1 amide bonds. The minimum absolute atomic E-state index is 0.0401. The van der Waals surface area contributed by atoms with Crippen molar-refractivity contribution in [1.29, 1.82) is 0 Å². The monoisotopic (exact) mass is 851 g/mol. The van der Waals surface area contributed by atoms with E-state index < -0.39 is 23.7 Å². The van der Waals surface area contributed by atoms with E-state index in [2.05, 4.69) is 67.7 Å². The molecule has 2 atom stereocenters. The number of nitrogens with one attached hydrogen (secondary N) is 1. The summed E-state index contributed by atoms with van der Waals surface area (Å²) in [4.78, 5) is 28.2. The standard InChI is InChI=1S/C56H66ClNO4/c1-41(2)38-46(58-55(60)61-40-51-49-30-20-18-28-47(49)48-29-19-21-31-50(48)51)39-54(59)62-56(44-26-16-13-17-27-44,52-32-22-23-33-53(52)57)45-36-34-43(35-37-45)42-24-14-11-9-7-5-3-4-6-8-10-12-15-25-42/h13,16-23,26-37,41-42,46,51H,3-12,14-15,24-25,38-40H2,1-2H3,(H,58,60)/t46-,56?/m1/s1. The summed E-state index contributed by atoms with van der Waals surface area (Å²) >= 11 is 7.09. The second kappa shape index (κ2) is 22.5. The predicted octanol–water partition coefficient (Wildman–Crippen LogP) is 15.1. The van der Waals surface area contributed by atoms with Crippen LogP contribution in [0.25, 0.3) is 11.1 Å². The van der Waals surface area contributed by atoms with Crippen molar-refractivity contribution in [3.63, 3.8) is 0 Å². The molecule has 2 aliphatic rings. The molecule has 0 aromatic heterocycles. The van der Waals surface area contributed by atoms with Gasteiger partial charge in [-0.05, 0) is 65.0 Å². The second-order valence-electron chi connectivity index (χ2n) is 18.1. The topological polar surface area (TPSA) is 64.6 Å². The van der Waals surface area contributed by atoms with Crippen LogP contribution in [-0.2, 0) is 19.9 Å². The summed E-state index contributed by atoms with van der Waals surface area (Å²) in [5.74, 6) is 0.184. The molecule has 0 spiro atoms. The van der Waals surface area contributed by atoms with Gasteiger partial charge >= 0.3 is 12.1 Å². The van der Waals surface area contributed by atoms with Gasteiger partial charge < -0.3 is 14.8 Å². The Hall–Kier alpha value is -4.87. The van der Waals surface area contributed by atoms with E-state index in [-0.39, 0.29) is 24.9 Å². The van der Waals surface area contributed by atoms with Gasteiger partial charge in [0.2, 0.25) is 0 Å². The van der Waals surface area contributed by atoms with Crippen LogP contribution in [0.1, 0.15) is 162 Å². The van der Waals surface area contributed by atoms with E-state index in [0.29, 0.717) is 22.9 Å². The minimum Gasteiger partial charge on any atom is -0.449 e. The third kappa shape index (κ3) is 11.4. The van der Waals surface area contributed by atoms with Crippen LogP contribution < -0.4 is 5.32 Å². The van der Waals surface area contributed by atoms with Gasteiger partial charge in [0.1, 0.15) is 6.61 Å². The predicted molar refractivity (Wildman–Crippen MR) is 254 cm³/mol. The van der Waals surface area contributed by atoms with E-state index in [0.717, 1.165) is 22.3 Å². The number of fused-ring (bicyclic) bond motifs is 3. The van der Waals surface area contributed by atoms with Crippen LogP contribution >= 0.6 is 11.6 Å². The molecule has 0 radical (unpaired) electrons. The summed E-state index contributed by atoms with van der Waals surface area (Å²) in [7, 11) is 0. The molecule has 0 bridgehead atoms. The Balaban J connectivity index is 1.12. The number of alkyl carbamates (subject to hydrolysis) is 1. The molecule has 62 heavy (non-hydrogen) atoms. The fourth-order valence-electron chi connectivity index (χ4n) is 10.1. The Kier molecular flexibility index (Phi) is 16.4. The molecule has 0 aliphatic heterocycles. The summed E-state index contributed by atoms with van der Waals surface area (Å²) < 4.78 is 12.8. The molecular formula is C56H66ClNO4. The van der Waals surface area contributed by atoms with Gasteiger partial charge in [-0.1, -0.05) is 224 Å². The van der Waals surface area contributed by atoms with Crippen LogP contribution in [0.15, 0.2) is 127 Å². The van der Waals surface area contributed by atoms with Crippen LogP contribution in [0.5, 0.6) is 0 Å². The lowest BCUT2D eigenvalue weighted by atomic mass is 9.78. The third-order valence-corrected chi connectivity index (χ3v) is 13.5. The van der Waals surface area contributed by atoms with Gasteiger partial charge in [-0.25, -0.2) is 4.79 Å². The fourth-order valence-corrected chi connectivity index (χ4v) is 10.3. The normalized spacial score (nSPS) is 17.1. The molecule has 5 nitrogen and oxygen atoms in total. The van der Waals surface area contributed by atoms with Crippen molar-refractivity contribution < 1.29 is 19.1 Å². The molecule has 1 unspecified atom stereocenters. The van der Waals surface area contributed by atoms with Crippen molar-refractivity contribution in [2.45, 2.75) is 140 Å². The number of amides is 1. The molecule has 1 fully saturated rings. The number of hydrogen-bond acceptors (Lipinski definition) is 4. The molecule has 7 rings (SSSR count). The summed E-state index contributed by atoms with van der Waals surface area (Å²) in [6.07, 6.45) is 18.3. The number of carbonyl (C=O) groups excluding carboxylic acids is 2. The number of rotatable bonds is 12. The summed E-state index contributed by atoms with van der Waals surface area (Å²) in [5, 5.41) is 3.56. The SMILES string of the molecule is CC(C)C[C@H](CC(=O)OC(c1ccccc1)(c1ccc(C2CCCCCCCCCCCCCC2)cc1)c1ccccc1Cl)NC(=O)OCC1c2ccccc2-c2ccccc21. The average Bonchev–Trinajstić information content (AvgIpc) is 3.60. The zero-order valence-corrected chi connectivity index (χ0v) is 37.7. The number of carbonyl (C=O) groups is 2. The second-order valence-corrected chi connectivity index (χ2v) is 18.5. The van der Waals surface area contributed by atoms with Gasteiger partial charge in [0.15, 0.2) is 5.60 Å². The maximum atomic E-state index is 14.6. The van der Waals surface area contributed by atoms with Crippen LogP contribution in [-0.4, -0.2) is 24.7 Å². The quantitative estimate of drug-likeness (QED) is 0.100. The summed E-state index contributed by atoms with van der Waals surface area (Å²) in [5.41, 5.74) is 6.96. The first kappa shape index (κ1) is 45.2. The maximum Gasteiger partial charge on any atom is 0.407 e. The molecule has 326 valence electrons. The highest BCUT2D eigenvalue weighted by Crippen LogP contribution is 2.46. The molecule has 1 saturated carbocycles. The van der Waals surface area contributed by atoms with Crippen molar-refractivity contribution in [2.75, 3.05) is 6.61 Å². The van der Waals surface area contributed by atoms with E-state index in [1.54, 1.807) is 0 Å². The van der Waals surface area contributed by atoms with Gasteiger partial charge in [-0.3, -0.25) is 4.79 Å². The molecule has 5 aromatic rings. The van der Waals surface area contributed by atoms with Gasteiger partial charge in [0, 0.05) is 33.7 Å². The fraction of sp³-hybridized carbons (Fsp3) is 0.429. The Labute approximate surface area is 376 Å². The average molecular weight is 853 g/mol. The smallest absolute Gasteiger partial charge is 0.407 e. The Morgan fingerprint density at radius 3 is 1.69 bits per heavy atom. The highest BCUT2D eigenvalue weighted by atomic mass is 35.5. The first-order chi connectivity index (χ1) is 30.3. The van der Waals surface area contributed by atoms with Crippen LogP contribution in [0.4, 0.5) is 4.79 Å². The number of hydrogen-bond donors (Lipinski definition) is 1. The van der Waals surface area contributed by atoms with Crippen molar-refractivity contribution in [2.24, 2.45) is 5.92 Å². The summed E-state index contributed by atoms with van der Waals surface area (Å²) in [6.45, 7) is 4.37. The van der Waals surface area contributed by atoms with Crippen molar-refractivity contribution >= 4 is 23.7 Å². The van der Waals surface area contributed by atoms with Gasteiger partial charge in [-0.15, -0.1) is 0 Å². The molecular weight excluding hydrogens is 786 g/mol. The van der Waals surface area contributed by atoms with Crippen molar-refractivity contribution in [3.8, 4) is 11.1 Å². The molecule has 2 aliphatic carbocycles. The van der Waals surface area contributed by atoms with Crippen molar-refractivity contribution in [1.82, 2.24) is 5.32 Å². The molecule has 6 heteroatoms. The lowest BCUT2D eigenvalue weighted by Gasteiger charge is -2.36. The molecule has 5 aromatic carbocycles. The lowest BCUT2D eigenvalue weighted by molar-refractivity contribution is -0.154. The van der Waals surface area contributed by atoms with Gasteiger partial charge in [-0.2, -0.15) is 0 Å². The molecule has 1 N–H and O–H groups in total. The first-order valence-corrected chi connectivity index (χ1v) is 24.0. The number of benzene rings is 5. The van der Waals surface area contributed by atoms with Gasteiger partial charge in [0.05, 0.1) is 6.42 Å². The highest BCUT2D eigenvalue weighted by molar-refractivity contribution is 6.31. The van der Waals surface area contributed by atoms with E-state index >= 15 is 0 Å². The van der Waals surface area contributed by atoms with Crippen LogP contribution in [0.2, 0.25) is 5.02 Å². The minimum atomic E-state index is -1.34. The van der Waals surface area contributed by atoms with Gasteiger partial charge in [0.25, 0.3) is 0 Å². The lowest BCUT2D eigenvalue weighted by Crippen LogP contribution is -2.41. The Bertz CT molecular complexity index is 2120. The first-order valence-electron chi connectivity index (χ1n) is 23.6. The maximum absolute atomic E-state index is 14.6. The number of halogens is 1. The Morgan fingerprint density at radius 1 is 0.629 bits per heavy atom. The van der Waals surface area contributed by atoms with E-state index in [4.69, 9.17) is 21.1 Å². The Morgan fingerprint density at radius 2 is 1.13 bits per heavy atom.